The molecule has 2 N–H and O–H groups in total. The molecule has 0 aliphatic rings. The molecule has 0 heterocycles. The van der Waals surface area contributed by atoms with E-state index in [9.17, 15) is 0 Å². The predicted molar refractivity (Wildman–Crippen MR) is 72.0 cm³/mol. The Kier molecular flexibility index (Phi) is 5.18. The summed E-state index contributed by atoms with van der Waals surface area (Å²) in [6.45, 7) is 2.49. The molecule has 0 aliphatic carbocycles. The number of halogens is 1. The Morgan fingerprint density at radius 1 is 1.56 bits per heavy atom. The quantitative estimate of drug-likeness (QED) is 0.849. The predicted octanol–water partition coefficient (Wildman–Crippen LogP) is 2.50. The minimum absolute atomic E-state index is 0.00702. The number of benzene rings is 1. The lowest BCUT2D eigenvalue weighted by Gasteiger charge is -2.14. The van der Waals surface area contributed by atoms with E-state index in [4.69, 9.17) is 27.4 Å². The average molecular weight is 304 g/mol. The maximum absolute atomic E-state index is 5.63. The highest BCUT2D eigenvalue weighted by Crippen LogP contribution is 2.23. The van der Waals surface area contributed by atoms with Crippen molar-refractivity contribution in [1.82, 2.24) is 0 Å². The molecule has 0 radical (unpaired) electrons. The molecular formula is C11H14BrNO2S. The van der Waals surface area contributed by atoms with Crippen LogP contribution in [0.25, 0.3) is 0 Å². The van der Waals surface area contributed by atoms with Crippen LogP contribution >= 0.6 is 28.1 Å². The third-order valence-corrected chi connectivity index (χ3v) is 2.82. The largest absolute Gasteiger partial charge is 0.488 e. The van der Waals surface area contributed by atoms with E-state index >= 15 is 0 Å². The van der Waals surface area contributed by atoms with Crippen molar-refractivity contribution in [2.75, 3.05) is 13.7 Å². The van der Waals surface area contributed by atoms with Gasteiger partial charge in [0, 0.05) is 17.1 Å². The van der Waals surface area contributed by atoms with Crippen LogP contribution in [0.4, 0.5) is 0 Å². The van der Waals surface area contributed by atoms with Crippen molar-refractivity contribution >= 4 is 33.1 Å². The maximum atomic E-state index is 5.63. The number of rotatable bonds is 5. The molecule has 0 fully saturated rings. The number of hydrogen-bond donors (Lipinski definition) is 1. The van der Waals surface area contributed by atoms with Crippen molar-refractivity contribution in [3.05, 3.63) is 28.2 Å². The molecule has 0 aromatic heterocycles. The summed E-state index contributed by atoms with van der Waals surface area (Å²) in [5.41, 5.74) is 6.36. The van der Waals surface area contributed by atoms with Crippen molar-refractivity contribution in [1.29, 1.82) is 0 Å². The summed E-state index contributed by atoms with van der Waals surface area (Å²) in [5.74, 6) is 0.761. The van der Waals surface area contributed by atoms with E-state index in [0.717, 1.165) is 15.8 Å². The van der Waals surface area contributed by atoms with E-state index in [-0.39, 0.29) is 6.10 Å². The topological polar surface area (TPSA) is 44.5 Å². The van der Waals surface area contributed by atoms with Crippen LogP contribution in [-0.4, -0.2) is 24.8 Å². The minimum atomic E-state index is 0.00702. The Balaban J connectivity index is 2.77. The minimum Gasteiger partial charge on any atom is -0.488 e. The molecule has 0 saturated carbocycles. The van der Waals surface area contributed by atoms with E-state index in [2.05, 4.69) is 15.9 Å². The third kappa shape index (κ3) is 3.73. The maximum Gasteiger partial charge on any atom is 0.121 e. The SMILES string of the molecule is COCC(C)Oc1ccc(C(N)=S)c(Br)c1. The molecule has 0 saturated heterocycles. The highest BCUT2D eigenvalue weighted by atomic mass is 79.9. The molecule has 0 spiro atoms. The second-order valence-electron chi connectivity index (χ2n) is 3.39. The second kappa shape index (κ2) is 6.18. The van der Waals surface area contributed by atoms with Crippen LogP contribution in [0.1, 0.15) is 12.5 Å². The number of methoxy groups -OCH3 is 1. The van der Waals surface area contributed by atoms with Crippen LogP contribution in [0, 0.1) is 0 Å². The van der Waals surface area contributed by atoms with Gasteiger partial charge in [-0.05, 0) is 41.1 Å². The fourth-order valence-electron chi connectivity index (χ4n) is 1.27. The van der Waals surface area contributed by atoms with Gasteiger partial charge in [0.15, 0.2) is 0 Å². The van der Waals surface area contributed by atoms with Crippen LogP contribution in [0.5, 0.6) is 5.75 Å². The molecule has 3 nitrogen and oxygen atoms in total. The fourth-order valence-corrected chi connectivity index (χ4v) is 2.15. The van der Waals surface area contributed by atoms with Gasteiger partial charge in [-0.15, -0.1) is 0 Å². The fraction of sp³-hybridized carbons (Fsp3) is 0.364. The van der Waals surface area contributed by atoms with E-state index in [0.29, 0.717) is 11.6 Å². The monoisotopic (exact) mass is 303 g/mol. The summed E-state index contributed by atoms with van der Waals surface area (Å²) in [6, 6.07) is 5.52. The zero-order chi connectivity index (χ0) is 12.1. The van der Waals surface area contributed by atoms with Crippen LogP contribution in [-0.2, 0) is 4.74 Å². The number of thiocarbonyl (C=S) groups is 1. The first kappa shape index (κ1) is 13.4. The van der Waals surface area contributed by atoms with Gasteiger partial charge in [-0.3, -0.25) is 0 Å². The summed E-state index contributed by atoms with van der Waals surface area (Å²) < 4.78 is 11.5. The molecule has 88 valence electrons. The van der Waals surface area contributed by atoms with Crippen molar-refractivity contribution < 1.29 is 9.47 Å². The summed E-state index contributed by atoms with van der Waals surface area (Å²) in [7, 11) is 1.64. The highest BCUT2D eigenvalue weighted by Gasteiger charge is 2.07. The van der Waals surface area contributed by atoms with Crippen molar-refractivity contribution in [3.8, 4) is 5.75 Å². The van der Waals surface area contributed by atoms with Crippen molar-refractivity contribution in [2.24, 2.45) is 5.73 Å². The summed E-state index contributed by atoms with van der Waals surface area (Å²) in [6.07, 6.45) is 0.00702. The molecule has 1 aromatic carbocycles. The van der Waals surface area contributed by atoms with Gasteiger partial charge in [0.1, 0.15) is 16.8 Å². The Morgan fingerprint density at radius 2 is 2.25 bits per heavy atom. The van der Waals surface area contributed by atoms with Crippen LogP contribution in [0.15, 0.2) is 22.7 Å². The summed E-state index contributed by atoms with van der Waals surface area (Å²) in [5, 5.41) is 0. The van der Waals surface area contributed by atoms with Crippen LogP contribution in [0.3, 0.4) is 0 Å². The van der Waals surface area contributed by atoms with Crippen molar-refractivity contribution in [3.63, 3.8) is 0 Å². The molecule has 1 atom stereocenters. The van der Waals surface area contributed by atoms with Gasteiger partial charge in [0.2, 0.25) is 0 Å². The smallest absolute Gasteiger partial charge is 0.121 e. The molecule has 5 heteroatoms. The number of hydrogen-bond acceptors (Lipinski definition) is 3. The highest BCUT2D eigenvalue weighted by molar-refractivity contribution is 9.10. The number of ether oxygens (including phenoxy) is 2. The van der Waals surface area contributed by atoms with Crippen LogP contribution in [0.2, 0.25) is 0 Å². The molecule has 0 aliphatic heterocycles. The van der Waals surface area contributed by atoms with Gasteiger partial charge >= 0.3 is 0 Å². The van der Waals surface area contributed by atoms with Gasteiger partial charge in [-0.1, -0.05) is 12.2 Å². The lowest BCUT2D eigenvalue weighted by Crippen LogP contribution is -2.18. The molecule has 16 heavy (non-hydrogen) atoms. The number of nitrogens with two attached hydrogens (primary N) is 1. The first-order chi connectivity index (χ1) is 7.54. The van der Waals surface area contributed by atoms with Gasteiger partial charge in [0.25, 0.3) is 0 Å². The molecule has 0 bridgehead atoms. The normalized spacial score (nSPS) is 12.2. The molecular weight excluding hydrogens is 290 g/mol. The zero-order valence-corrected chi connectivity index (χ0v) is 11.6. The first-order valence-corrected chi connectivity index (χ1v) is 5.99. The Hall–Kier alpha value is -0.650. The molecule has 1 aromatic rings. The van der Waals surface area contributed by atoms with Gasteiger partial charge in [0.05, 0.1) is 6.61 Å². The molecule has 1 unspecified atom stereocenters. The molecule has 1 rings (SSSR count). The Morgan fingerprint density at radius 3 is 2.75 bits per heavy atom. The third-order valence-electron chi connectivity index (χ3n) is 1.94. The van der Waals surface area contributed by atoms with E-state index in [1.165, 1.54) is 0 Å². The van der Waals surface area contributed by atoms with Crippen LogP contribution < -0.4 is 10.5 Å². The average Bonchev–Trinajstić information content (AvgIpc) is 2.17. The van der Waals surface area contributed by atoms with Gasteiger partial charge in [-0.25, -0.2) is 0 Å². The van der Waals surface area contributed by atoms with E-state index < -0.39 is 0 Å². The van der Waals surface area contributed by atoms with Gasteiger partial charge in [-0.2, -0.15) is 0 Å². The Labute approximate surface area is 109 Å². The zero-order valence-electron chi connectivity index (χ0n) is 9.20. The lowest BCUT2D eigenvalue weighted by molar-refractivity contribution is 0.0920. The Bertz CT molecular complexity index is 384. The van der Waals surface area contributed by atoms with Crippen molar-refractivity contribution in [2.45, 2.75) is 13.0 Å². The van der Waals surface area contributed by atoms with Gasteiger partial charge < -0.3 is 15.2 Å². The first-order valence-electron chi connectivity index (χ1n) is 4.79. The molecule has 0 amide bonds. The standard InChI is InChI=1S/C11H14BrNO2S/c1-7(6-14-2)15-8-3-4-9(11(13)16)10(12)5-8/h3-5,7H,6H2,1-2H3,(H2,13,16). The van der Waals surface area contributed by atoms with E-state index in [1.54, 1.807) is 7.11 Å². The second-order valence-corrected chi connectivity index (χ2v) is 4.68. The summed E-state index contributed by atoms with van der Waals surface area (Å²) in [4.78, 5) is 0.364. The van der Waals surface area contributed by atoms with E-state index in [1.807, 2.05) is 25.1 Å². The summed E-state index contributed by atoms with van der Waals surface area (Å²) >= 11 is 8.31. The lowest BCUT2D eigenvalue weighted by atomic mass is 10.2.